The van der Waals surface area contributed by atoms with Gasteiger partial charge in [0.25, 0.3) is 0 Å². The summed E-state index contributed by atoms with van der Waals surface area (Å²) in [7, 11) is 4.37. The number of ether oxygens (including phenoxy) is 1. The molecule has 5 rings (SSSR count). The average molecular weight is 495 g/mol. The molecule has 4 heterocycles. The van der Waals surface area contributed by atoms with E-state index in [1.807, 2.05) is 12.3 Å². The molecule has 1 aromatic carbocycles. The van der Waals surface area contributed by atoms with Crippen molar-refractivity contribution in [3.63, 3.8) is 0 Å². The summed E-state index contributed by atoms with van der Waals surface area (Å²) in [5.41, 5.74) is 5.44. The molecule has 2 N–H and O–H groups in total. The molecule has 0 saturated carbocycles. The lowest BCUT2D eigenvalue weighted by Gasteiger charge is -2.33. The maximum absolute atomic E-state index is 6.26. The Bertz CT molecular complexity index is 1330. The SMILES string of the molecule is CSc1nc(NCCC[NH+](C)C)c2sc3nc(-c4ccccc4)c4c(c3c2n1)CC(C)(C)OC4. The van der Waals surface area contributed by atoms with Crippen molar-refractivity contribution in [2.75, 3.05) is 38.8 Å². The van der Waals surface area contributed by atoms with Crippen LogP contribution in [0.2, 0.25) is 0 Å². The minimum Gasteiger partial charge on any atom is -0.370 e. The molecule has 0 saturated heterocycles. The number of pyridine rings is 1. The predicted molar refractivity (Wildman–Crippen MR) is 143 cm³/mol. The maximum Gasteiger partial charge on any atom is 0.189 e. The summed E-state index contributed by atoms with van der Waals surface area (Å²) in [5.74, 6) is 0.924. The second kappa shape index (κ2) is 9.41. The van der Waals surface area contributed by atoms with Crippen molar-refractivity contribution in [1.29, 1.82) is 0 Å². The van der Waals surface area contributed by atoms with Crippen molar-refractivity contribution in [1.82, 2.24) is 15.0 Å². The van der Waals surface area contributed by atoms with Gasteiger partial charge in [-0.25, -0.2) is 15.0 Å². The first-order chi connectivity index (χ1) is 16.4. The maximum atomic E-state index is 6.26. The van der Waals surface area contributed by atoms with Crippen molar-refractivity contribution in [3.05, 3.63) is 41.5 Å². The van der Waals surface area contributed by atoms with Gasteiger partial charge in [0.15, 0.2) is 5.16 Å². The van der Waals surface area contributed by atoms with E-state index in [1.54, 1.807) is 23.1 Å². The van der Waals surface area contributed by atoms with Gasteiger partial charge in [-0.1, -0.05) is 42.1 Å². The first-order valence-electron chi connectivity index (χ1n) is 11.8. The fourth-order valence-corrected chi connectivity index (χ4v) is 6.02. The number of thioether (sulfide) groups is 1. The molecule has 0 fully saturated rings. The number of hydrogen-bond donors (Lipinski definition) is 2. The fourth-order valence-electron chi connectivity index (χ4n) is 4.55. The number of thiophene rings is 1. The molecule has 6 nitrogen and oxygen atoms in total. The first kappa shape index (κ1) is 23.5. The minimum absolute atomic E-state index is 0.228. The highest BCUT2D eigenvalue weighted by Crippen LogP contribution is 2.44. The molecule has 4 aromatic rings. The van der Waals surface area contributed by atoms with Gasteiger partial charge < -0.3 is 15.0 Å². The summed E-state index contributed by atoms with van der Waals surface area (Å²) < 4.78 is 7.35. The van der Waals surface area contributed by atoms with Crippen molar-refractivity contribution in [3.8, 4) is 11.3 Å². The summed E-state index contributed by atoms with van der Waals surface area (Å²) in [6.45, 7) is 6.90. The number of benzene rings is 1. The molecular weight excluding hydrogens is 462 g/mol. The molecule has 178 valence electrons. The van der Waals surface area contributed by atoms with E-state index < -0.39 is 0 Å². The van der Waals surface area contributed by atoms with Crippen LogP contribution in [0.3, 0.4) is 0 Å². The van der Waals surface area contributed by atoms with Gasteiger partial charge in [0.05, 0.1) is 48.8 Å². The van der Waals surface area contributed by atoms with Gasteiger partial charge in [0, 0.05) is 35.9 Å². The highest BCUT2D eigenvalue weighted by molar-refractivity contribution is 7.98. The largest absolute Gasteiger partial charge is 0.370 e. The number of rotatable bonds is 7. The third kappa shape index (κ3) is 4.52. The van der Waals surface area contributed by atoms with Crippen LogP contribution in [-0.2, 0) is 17.8 Å². The Hall–Kier alpha value is -2.26. The molecule has 0 amide bonds. The molecular formula is C26H32N5OS2+. The van der Waals surface area contributed by atoms with Gasteiger partial charge >= 0.3 is 0 Å². The molecule has 0 spiro atoms. The molecule has 1 aliphatic rings. The third-order valence-electron chi connectivity index (χ3n) is 6.25. The van der Waals surface area contributed by atoms with Gasteiger partial charge in [0.2, 0.25) is 0 Å². The predicted octanol–water partition coefficient (Wildman–Crippen LogP) is 4.43. The number of hydrogen-bond acceptors (Lipinski definition) is 7. The van der Waals surface area contributed by atoms with Crippen molar-refractivity contribution in [2.24, 2.45) is 0 Å². The van der Waals surface area contributed by atoms with Gasteiger partial charge in [-0.3, -0.25) is 0 Å². The van der Waals surface area contributed by atoms with Crippen LogP contribution in [0.25, 0.3) is 31.7 Å². The van der Waals surface area contributed by atoms with E-state index >= 15 is 0 Å². The highest BCUT2D eigenvalue weighted by Gasteiger charge is 2.32. The van der Waals surface area contributed by atoms with E-state index in [1.165, 1.54) is 21.4 Å². The van der Waals surface area contributed by atoms with E-state index in [0.717, 1.165) is 63.2 Å². The second-order valence-corrected chi connectivity index (χ2v) is 11.5. The van der Waals surface area contributed by atoms with Crippen LogP contribution in [0, 0.1) is 0 Å². The molecule has 0 unspecified atom stereocenters. The summed E-state index contributed by atoms with van der Waals surface area (Å²) in [5, 5.41) is 5.56. The molecule has 34 heavy (non-hydrogen) atoms. The Morgan fingerprint density at radius 1 is 1.12 bits per heavy atom. The number of quaternary nitrogens is 1. The molecule has 0 atom stereocenters. The van der Waals surface area contributed by atoms with Gasteiger partial charge in [-0.2, -0.15) is 0 Å². The summed E-state index contributed by atoms with van der Waals surface area (Å²) in [6, 6.07) is 10.4. The lowest BCUT2D eigenvalue weighted by Crippen LogP contribution is -3.05. The van der Waals surface area contributed by atoms with Crippen LogP contribution in [0.4, 0.5) is 5.82 Å². The summed E-state index contributed by atoms with van der Waals surface area (Å²) in [6.07, 6.45) is 3.96. The zero-order valence-electron chi connectivity index (χ0n) is 20.5. The van der Waals surface area contributed by atoms with Crippen LogP contribution < -0.4 is 10.2 Å². The summed E-state index contributed by atoms with van der Waals surface area (Å²) >= 11 is 3.28. The summed E-state index contributed by atoms with van der Waals surface area (Å²) in [4.78, 5) is 17.5. The standard InChI is InChI=1S/C26H31N5OS2/c1-26(2)14-17-18(15-32-26)20(16-10-7-6-8-11-16)28-24-19(17)21-22(34-24)23(30-25(29-21)33-5)27-12-9-13-31(3)4/h6-8,10-11H,9,12-15H2,1-5H3,(H,27,29,30)/p+1. The van der Waals surface area contributed by atoms with E-state index in [-0.39, 0.29) is 5.60 Å². The molecule has 0 aliphatic carbocycles. The molecule has 1 aliphatic heterocycles. The number of anilines is 1. The van der Waals surface area contributed by atoms with E-state index in [9.17, 15) is 0 Å². The zero-order chi connectivity index (χ0) is 23.9. The normalized spacial score (nSPS) is 15.2. The number of nitrogens with zero attached hydrogens (tertiary/aromatic N) is 3. The highest BCUT2D eigenvalue weighted by atomic mass is 32.2. The van der Waals surface area contributed by atoms with Crippen LogP contribution in [0.15, 0.2) is 35.5 Å². The Morgan fingerprint density at radius 3 is 2.65 bits per heavy atom. The van der Waals surface area contributed by atoms with E-state index in [2.05, 4.69) is 57.5 Å². The molecule has 0 radical (unpaired) electrons. The zero-order valence-corrected chi connectivity index (χ0v) is 22.1. The quantitative estimate of drug-likeness (QED) is 0.225. The van der Waals surface area contributed by atoms with Crippen molar-refractivity contribution >= 4 is 49.3 Å². The smallest absolute Gasteiger partial charge is 0.189 e. The fraction of sp³-hybridized carbons (Fsp3) is 0.423. The topological polar surface area (TPSA) is 64.4 Å². The average Bonchev–Trinajstić information content (AvgIpc) is 3.19. The minimum atomic E-state index is -0.228. The molecule has 8 heteroatoms. The lowest BCUT2D eigenvalue weighted by atomic mass is 9.88. The van der Waals surface area contributed by atoms with Gasteiger partial charge in [-0.05, 0) is 25.7 Å². The lowest BCUT2D eigenvalue weighted by molar-refractivity contribution is -0.858. The third-order valence-corrected chi connectivity index (χ3v) is 7.87. The van der Waals surface area contributed by atoms with E-state index in [4.69, 9.17) is 19.7 Å². The van der Waals surface area contributed by atoms with Crippen molar-refractivity contribution < 1.29 is 9.64 Å². The number of aromatic nitrogens is 3. The number of nitrogens with one attached hydrogen (secondary N) is 2. The Balaban J connectivity index is 1.72. The van der Waals surface area contributed by atoms with Crippen LogP contribution in [0.5, 0.6) is 0 Å². The first-order valence-corrected chi connectivity index (χ1v) is 13.8. The van der Waals surface area contributed by atoms with Crippen LogP contribution >= 0.6 is 23.1 Å². The number of fused-ring (bicyclic) bond motifs is 5. The van der Waals surface area contributed by atoms with Crippen molar-refractivity contribution in [2.45, 2.75) is 44.1 Å². The Morgan fingerprint density at radius 2 is 1.91 bits per heavy atom. The Labute approximate surface area is 209 Å². The van der Waals surface area contributed by atoms with Gasteiger partial charge in [-0.15, -0.1) is 11.3 Å². The monoisotopic (exact) mass is 494 g/mol. The van der Waals surface area contributed by atoms with E-state index in [0.29, 0.717) is 6.61 Å². The van der Waals surface area contributed by atoms with Gasteiger partial charge in [0.1, 0.15) is 10.6 Å². The molecule has 0 bridgehead atoms. The Kier molecular flexibility index (Phi) is 6.50. The second-order valence-electron chi connectivity index (χ2n) is 9.76. The van der Waals surface area contributed by atoms with Crippen LogP contribution in [-0.4, -0.2) is 54.0 Å². The van der Waals surface area contributed by atoms with Crippen LogP contribution in [0.1, 0.15) is 31.4 Å². The molecule has 3 aromatic heterocycles.